The molecule has 0 aliphatic rings. The van der Waals surface area contributed by atoms with Crippen LogP contribution in [0.25, 0.3) is 0 Å². The number of guanidine groups is 1. The minimum absolute atomic E-state index is 0. The molecule has 0 aromatic heterocycles. The Bertz CT molecular complexity index is 530. The quantitative estimate of drug-likeness (QED) is 0.274. The van der Waals surface area contributed by atoms with Gasteiger partial charge in [0.05, 0.1) is 6.54 Å². The Morgan fingerprint density at radius 1 is 1.15 bits per heavy atom. The first-order valence-electron chi connectivity index (χ1n) is 9.39. The van der Waals surface area contributed by atoms with Crippen LogP contribution in [0.3, 0.4) is 0 Å². The maximum Gasteiger partial charge on any atom is 0.191 e. The monoisotopic (exact) mass is 476 g/mol. The van der Waals surface area contributed by atoms with Crippen molar-refractivity contribution in [2.45, 2.75) is 46.6 Å². The summed E-state index contributed by atoms with van der Waals surface area (Å²) in [6.45, 7) is 8.98. The molecule has 0 atom stereocenters. The third kappa shape index (κ3) is 8.12. The van der Waals surface area contributed by atoms with Crippen LogP contribution in [0.1, 0.15) is 45.6 Å². The number of hydrogen-bond donors (Lipinski definition) is 3. The number of aliphatic imine (C=N–C) groups is 1. The topological polar surface area (TPSA) is 59.9 Å². The van der Waals surface area contributed by atoms with Crippen LogP contribution in [0.2, 0.25) is 0 Å². The third-order valence-electron chi connectivity index (χ3n) is 4.96. The Morgan fingerprint density at radius 2 is 1.85 bits per heavy atom. The van der Waals surface area contributed by atoms with Gasteiger partial charge in [-0.3, -0.25) is 0 Å². The molecule has 1 aromatic rings. The molecular weight excluding hydrogens is 439 g/mol. The lowest BCUT2D eigenvalue weighted by molar-refractivity contribution is 0.169. The van der Waals surface area contributed by atoms with E-state index in [1.54, 1.807) is 0 Å². The Kier molecular flexibility index (Phi) is 12.7. The van der Waals surface area contributed by atoms with Crippen molar-refractivity contribution in [1.82, 2.24) is 10.6 Å². The lowest BCUT2D eigenvalue weighted by Gasteiger charge is -2.32. The summed E-state index contributed by atoms with van der Waals surface area (Å²) in [6.07, 6.45) is 2.90. The lowest BCUT2D eigenvalue weighted by atomic mass is 9.79. The van der Waals surface area contributed by atoms with E-state index < -0.39 is 0 Å². The Morgan fingerprint density at radius 3 is 2.38 bits per heavy atom. The number of rotatable bonds is 10. The fourth-order valence-corrected chi connectivity index (χ4v) is 2.90. The van der Waals surface area contributed by atoms with Crippen molar-refractivity contribution in [3.63, 3.8) is 0 Å². The second kappa shape index (κ2) is 13.2. The van der Waals surface area contributed by atoms with Crippen molar-refractivity contribution < 1.29 is 5.11 Å². The molecule has 0 unspecified atom stereocenters. The first-order chi connectivity index (χ1) is 12.0. The van der Waals surface area contributed by atoms with E-state index in [2.05, 4.69) is 60.6 Å². The summed E-state index contributed by atoms with van der Waals surface area (Å²) in [7, 11) is 4.09. The Labute approximate surface area is 176 Å². The predicted octanol–water partition coefficient (Wildman–Crippen LogP) is 3.61. The van der Waals surface area contributed by atoms with Gasteiger partial charge in [-0.1, -0.05) is 26.0 Å². The molecule has 0 spiro atoms. The van der Waals surface area contributed by atoms with Gasteiger partial charge in [-0.05, 0) is 49.3 Å². The average Bonchev–Trinajstić information content (AvgIpc) is 2.63. The van der Waals surface area contributed by atoms with Gasteiger partial charge in [0.2, 0.25) is 0 Å². The van der Waals surface area contributed by atoms with E-state index in [1.807, 2.05) is 14.1 Å². The molecule has 0 amide bonds. The van der Waals surface area contributed by atoms with Crippen LogP contribution in [-0.2, 0) is 6.54 Å². The van der Waals surface area contributed by atoms with E-state index in [0.29, 0.717) is 6.54 Å². The molecule has 3 N–H and O–H groups in total. The number of aliphatic hydroxyl groups excluding tert-OH is 1. The molecule has 0 aliphatic heterocycles. The van der Waals surface area contributed by atoms with Crippen LogP contribution >= 0.6 is 24.0 Å². The molecule has 1 aromatic carbocycles. The van der Waals surface area contributed by atoms with Crippen molar-refractivity contribution in [2.24, 2.45) is 10.4 Å². The number of nitrogens with zero attached hydrogens (tertiary/aromatic N) is 2. The molecule has 150 valence electrons. The van der Waals surface area contributed by atoms with Gasteiger partial charge in [0.25, 0.3) is 0 Å². The molecule has 5 nitrogen and oxygen atoms in total. The van der Waals surface area contributed by atoms with Crippen LogP contribution < -0.4 is 15.5 Å². The van der Waals surface area contributed by atoms with E-state index in [9.17, 15) is 5.11 Å². The number of hydrogen-bond acceptors (Lipinski definition) is 3. The molecule has 1 rings (SSSR count). The maximum atomic E-state index is 9.38. The van der Waals surface area contributed by atoms with Gasteiger partial charge in [0, 0.05) is 39.5 Å². The standard InChI is InChI=1S/C20H36N4O.HI/c1-6-20(7-2,12-13-25)16-23-19(21-8-3)22-15-17-10-9-11-18(14-17)24(4)5;/h9-11,14,25H,6-8,12-13,15-16H2,1-5H3,(H2,21,22,23);1H. The first-order valence-corrected chi connectivity index (χ1v) is 9.39. The number of anilines is 1. The fourth-order valence-electron chi connectivity index (χ4n) is 2.90. The summed E-state index contributed by atoms with van der Waals surface area (Å²) < 4.78 is 0. The molecule has 0 bridgehead atoms. The zero-order valence-corrected chi connectivity index (χ0v) is 19.3. The highest BCUT2D eigenvalue weighted by atomic mass is 127. The van der Waals surface area contributed by atoms with Crippen LogP contribution in [0.4, 0.5) is 5.69 Å². The maximum absolute atomic E-state index is 9.38. The van der Waals surface area contributed by atoms with Gasteiger partial charge in [-0.25, -0.2) is 4.99 Å². The Hall–Kier alpha value is -1.02. The summed E-state index contributed by atoms with van der Waals surface area (Å²) in [5.41, 5.74) is 2.50. The molecule has 6 heteroatoms. The van der Waals surface area contributed by atoms with Crippen LogP contribution in [0.5, 0.6) is 0 Å². The largest absolute Gasteiger partial charge is 0.396 e. The summed E-state index contributed by atoms with van der Waals surface area (Å²) in [4.78, 5) is 6.83. The van der Waals surface area contributed by atoms with Crippen LogP contribution in [0, 0.1) is 5.41 Å². The zero-order chi connectivity index (χ0) is 18.7. The summed E-state index contributed by atoms with van der Waals surface area (Å²) in [5, 5.41) is 16.2. The fraction of sp³-hybridized carbons (Fsp3) is 0.650. The van der Waals surface area contributed by atoms with Gasteiger partial charge in [-0.15, -0.1) is 24.0 Å². The van der Waals surface area contributed by atoms with Gasteiger partial charge < -0.3 is 20.6 Å². The van der Waals surface area contributed by atoms with Gasteiger partial charge in [-0.2, -0.15) is 0 Å². The van der Waals surface area contributed by atoms with Gasteiger partial charge >= 0.3 is 0 Å². The smallest absolute Gasteiger partial charge is 0.191 e. The minimum atomic E-state index is 0. The molecule has 0 heterocycles. The number of halogens is 1. The molecule has 0 saturated heterocycles. The van der Waals surface area contributed by atoms with Crippen molar-refractivity contribution in [3.05, 3.63) is 29.8 Å². The number of nitrogens with one attached hydrogen (secondary N) is 2. The molecular formula is C20H37IN4O. The number of benzene rings is 1. The van der Waals surface area contributed by atoms with Crippen LogP contribution in [0.15, 0.2) is 29.3 Å². The van der Waals surface area contributed by atoms with E-state index in [1.165, 1.54) is 11.3 Å². The second-order valence-corrected chi connectivity index (χ2v) is 6.79. The van der Waals surface area contributed by atoms with Gasteiger partial charge in [0.15, 0.2) is 5.96 Å². The minimum Gasteiger partial charge on any atom is -0.396 e. The highest BCUT2D eigenvalue weighted by Gasteiger charge is 2.25. The molecule has 0 radical (unpaired) electrons. The first kappa shape index (κ1) is 25.0. The van der Waals surface area contributed by atoms with Gasteiger partial charge in [0.1, 0.15) is 0 Å². The second-order valence-electron chi connectivity index (χ2n) is 6.79. The van der Waals surface area contributed by atoms with Crippen molar-refractivity contribution in [3.8, 4) is 0 Å². The molecule has 0 fully saturated rings. The van der Waals surface area contributed by atoms with E-state index in [0.717, 1.165) is 38.3 Å². The summed E-state index contributed by atoms with van der Waals surface area (Å²) in [6, 6.07) is 8.44. The molecule has 26 heavy (non-hydrogen) atoms. The Balaban J connectivity index is 0.00000625. The van der Waals surface area contributed by atoms with E-state index in [4.69, 9.17) is 4.99 Å². The SMILES string of the molecule is CCNC(=NCc1cccc(N(C)C)c1)NCC(CC)(CC)CCO.I. The summed E-state index contributed by atoms with van der Waals surface area (Å²) >= 11 is 0. The lowest BCUT2D eigenvalue weighted by Crippen LogP contribution is -2.43. The molecule has 0 aliphatic carbocycles. The highest BCUT2D eigenvalue weighted by molar-refractivity contribution is 14.0. The van der Waals surface area contributed by atoms with Crippen LogP contribution in [-0.4, -0.2) is 44.9 Å². The molecule has 0 saturated carbocycles. The average molecular weight is 476 g/mol. The predicted molar refractivity (Wildman–Crippen MR) is 124 cm³/mol. The van der Waals surface area contributed by atoms with Crippen molar-refractivity contribution in [2.75, 3.05) is 38.7 Å². The van der Waals surface area contributed by atoms with E-state index >= 15 is 0 Å². The van der Waals surface area contributed by atoms with Crippen molar-refractivity contribution in [1.29, 1.82) is 0 Å². The highest BCUT2D eigenvalue weighted by Crippen LogP contribution is 2.29. The number of aliphatic hydroxyl groups is 1. The normalized spacial score (nSPS) is 11.7. The zero-order valence-electron chi connectivity index (χ0n) is 17.0. The summed E-state index contributed by atoms with van der Waals surface area (Å²) in [5.74, 6) is 0.835. The third-order valence-corrected chi connectivity index (χ3v) is 4.96. The van der Waals surface area contributed by atoms with Crippen molar-refractivity contribution >= 4 is 35.6 Å². The van der Waals surface area contributed by atoms with E-state index in [-0.39, 0.29) is 36.0 Å².